The molecule has 0 N–H and O–H groups in total. The van der Waals surface area contributed by atoms with Crippen LogP contribution in [0.4, 0.5) is 0 Å². The molecular weight excluding hydrogens is 188 g/mol. The maximum atomic E-state index is 10.9. The molecule has 0 heterocycles. The second kappa shape index (κ2) is 18.3. The van der Waals surface area contributed by atoms with Gasteiger partial charge in [-0.05, 0) is 13.3 Å². The molecule has 0 unspecified atom stereocenters. The van der Waals surface area contributed by atoms with Gasteiger partial charge in [-0.1, -0.05) is 39.0 Å². The number of hydrogen-bond acceptors (Lipinski definition) is 2. The Bertz CT molecular complexity index is 210. The minimum absolute atomic E-state index is 0.280. The van der Waals surface area contributed by atoms with E-state index in [-0.39, 0.29) is 5.97 Å². The Kier molecular flexibility index (Phi) is 23.4. The number of carbonyl (C=O) groups excluding carboxylic acids is 1. The Morgan fingerprint density at radius 3 is 2.07 bits per heavy atom. The predicted octanol–water partition coefficient (Wildman–Crippen LogP) is 3.35. The number of carbonyl (C=O) groups is 1. The van der Waals surface area contributed by atoms with Gasteiger partial charge in [0.15, 0.2) is 0 Å². The Morgan fingerprint density at radius 2 is 1.80 bits per heavy atom. The highest BCUT2D eigenvalue weighted by molar-refractivity contribution is 5.91. The van der Waals surface area contributed by atoms with Crippen molar-refractivity contribution in [2.45, 2.75) is 34.1 Å². The van der Waals surface area contributed by atoms with Crippen LogP contribution in [0.3, 0.4) is 0 Å². The number of methoxy groups -OCH3 is 1. The van der Waals surface area contributed by atoms with Crippen LogP contribution in [-0.4, -0.2) is 13.1 Å². The molecule has 0 aliphatic rings. The summed E-state index contributed by atoms with van der Waals surface area (Å²) in [6.45, 7) is 7.83. The molecule has 0 amide bonds. The summed E-state index contributed by atoms with van der Waals surface area (Å²) in [5.74, 6) is -0.280. The lowest BCUT2D eigenvalue weighted by Gasteiger charge is -1.96. The van der Waals surface area contributed by atoms with Crippen molar-refractivity contribution in [3.8, 4) is 12.8 Å². The summed E-state index contributed by atoms with van der Waals surface area (Å²) in [6, 6.07) is 0. The summed E-state index contributed by atoms with van der Waals surface area (Å²) in [5.41, 5.74) is 0.606. The van der Waals surface area contributed by atoms with Gasteiger partial charge in [0, 0.05) is 0 Å². The first-order chi connectivity index (χ1) is 7.26. The Labute approximate surface area is 94.0 Å². The number of rotatable bonds is 3. The van der Waals surface area contributed by atoms with Crippen LogP contribution in [0, 0.1) is 12.8 Å². The third-order valence-electron chi connectivity index (χ3n) is 1.27. The van der Waals surface area contributed by atoms with Gasteiger partial charge in [0.2, 0.25) is 0 Å². The van der Waals surface area contributed by atoms with E-state index in [1.165, 1.54) is 7.11 Å². The van der Waals surface area contributed by atoms with Gasteiger partial charge >= 0.3 is 5.97 Å². The third kappa shape index (κ3) is 12.5. The molecule has 0 rings (SSSR count). The van der Waals surface area contributed by atoms with Gasteiger partial charge < -0.3 is 4.74 Å². The zero-order valence-electron chi connectivity index (χ0n) is 10.4. The van der Waals surface area contributed by atoms with Crippen molar-refractivity contribution in [1.82, 2.24) is 0 Å². The molecule has 2 heteroatoms. The first kappa shape index (κ1) is 19.1. The van der Waals surface area contributed by atoms with E-state index in [2.05, 4.69) is 17.6 Å². The van der Waals surface area contributed by atoms with Gasteiger partial charge in [0.05, 0.1) is 12.7 Å². The number of ether oxygens (including phenoxy) is 1. The third-order valence-corrected chi connectivity index (χ3v) is 1.27. The summed E-state index contributed by atoms with van der Waals surface area (Å²) in [7, 11) is 1.38. The van der Waals surface area contributed by atoms with Crippen LogP contribution in [0.2, 0.25) is 0 Å². The molecule has 86 valence electrons. The first-order valence-corrected chi connectivity index (χ1v) is 5.00. The molecule has 0 radical (unpaired) electrons. The molecule has 0 spiro atoms. The fraction of sp³-hybridized carbons (Fsp3) is 0.462. The molecule has 0 saturated heterocycles. The van der Waals surface area contributed by atoms with Crippen molar-refractivity contribution in [2.75, 3.05) is 7.11 Å². The molecule has 2 nitrogen and oxygen atoms in total. The molecule has 15 heavy (non-hydrogen) atoms. The van der Waals surface area contributed by atoms with Crippen LogP contribution < -0.4 is 0 Å². The zero-order valence-corrected chi connectivity index (χ0v) is 10.4. The fourth-order valence-corrected chi connectivity index (χ4v) is 0.645. The van der Waals surface area contributed by atoms with Gasteiger partial charge in [-0.2, -0.15) is 0 Å². The minimum Gasteiger partial charge on any atom is -0.465 e. The summed E-state index contributed by atoms with van der Waals surface area (Å²) in [4.78, 5) is 10.9. The lowest BCUT2D eigenvalue weighted by atomic mass is 10.2. The second-order valence-electron chi connectivity index (χ2n) is 2.05. The van der Waals surface area contributed by atoms with Crippen LogP contribution in [0.1, 0.15) is 34.1 Å². The number of esters is 1. The minimum atomic E-state index is -0.280. The topological polar surface area (TPSA) is 26.3 Å². The Hall–Kier alpha value is -1.49. The van der Waals surface area contributed by atoms with Crippen LogP contribution in [0.15, 0.2) is 23.8 Å². The molecular formula is C13H22O2. The normalized spacial score (nSPS) is 9.40. The average molecular weight is 210 g/mol. The van der Waals surface area contributed by atoms with Crippen molar-refractivity contribution < 1.29 is 9.53 Å². The number of terminal acetylenes is 1. The highest BCUT2D eigenvalue weighted by atomic mass is 16.5. The van der Waals surface area contributed by atoms with Gasteiger partial charge in [-0.15, -0.1) is 12.8 Å². The number of hydrogen-bond donors (Lipinski definition) is 0. The summed E-state index contributed by atoms with van der Waals surface area (Å²) >= 11 is 0. The van der Waals surface area contributed by atoms with Crippen LogP contribution in [0.25, 0.3) is 0 Å². The second-order valence-corrected chi connectivity index (χ2v) is 2.05. The molecule has 0 fully saturated rings. The van der Waals surface area contributed by atoms with Gasteiger partial charge in [0.1, 0.15) is 0 Å². The lowest BCUT2D eigenvalue weighted by Crippen LogP contribution is -2.01. The van der Waals surface area contributed by atoms with Gasteiger partial charge in [-0.3, -0.25) is 0 Å². The SMILES string of the molecule is C#C.C/C=C(\C=C/CC)C(=O)OC.CC. The molecule has 0 aromatic heterocycles. The van der Waals surface area contributed by atoms with E-state index in [9.17, 15) is 4.79 Å². The molecule has 0 bridgehead atoms. The van der Waals surface area contributed by atoms with E-state index in [0.717, 1.165) is 6.42 Å². The van der Waals surface area contributed by atoms with Crippen molar-refractivity contribution in [1.29, 1.82) is 0 Å². The molecule has 0 aliphatic carbocycles. The molecule has 0 saturated carbocycles. The maximum Gasteiger partial charge on any atom is 0.337 e. The van der Waals surface area contributed by atoms with E-state index >= 15 is 0 Å². The lowest BCUT2D eigenvalue weighted by molar-refractivity contribution is -0.135. The van der Waals surface area contributed by atoms with Crippen LogP contribution >= 0.6 is 0 Å². The van der Waals surface area contributed by atoms with E-state index in [1.54, 1.807) is 12.2 Å². The molecule has 0 aliphatic heterocycles. The van der Waals surface area contributed by atoms with Crippen LogP contribution in [0.5, 0.6) is 0 Å². The molecule has 0 atom stereocenters. The average Bonchev–Trinajstić information content (AvgIpc) is 2.34. The smallest absolute Gasteiger partial charge is 0.337 e. The zero-order chi connectivity index (χ0) is 12.7. The van der Waals surface area contributed by atoms with Gasteiger partial charge in [-0.25, -0.2) is 4.79 Å². The number of allylic oxidation sites excluding steroid dienone is 2. The summed E-state index contributed by atoms with van der Waals surface area (Å²) in [6.07, 6.45) is 14.4. The molecule has 0 aromatic carbocycles. The Morgan fingerprint density at radius 1 is 1.33 bits per heavy atom. The van der Waals surface area contributed by atoms with Crippen molar-refractivity contribution >= 4 is 5.97 Å². The summed E-state index contributed by atoms with van der Waals surface area (Å²) < 4.78 is 4.54. The largest absolute Gasteiger partial charge is 0.465 e. The van der Waals surface area contributed by atoms with Crippen LogP contribution in [-0.2, 0) is 9.53 Å². The molecule has 0 aromatic rings. The maximum absolute atomic E-state index is 10.9. The van der Waals surface area contributed by atoms with E-state index in [1.807, 2.05) is 33.8 Å². The quantitative estimate of drug-likeness (QED) is 0.309. The highest BCUT2D eigenvalue weighted by Gasteiger charge is 2.02. The van der Waals surface area contributed by atoms with Gasteiger partial charge in [0.25, 0.3) is 0 Å². The van der Waals surface area contributed by atoms with Crippen molar-refractivity contribution in [3.05, 3.63) is 23.8 Å². The monoisotopic (exact) mass is 210 g/mol. The predicted molar refractivity (Wildman–Crippen MR) is 66.4 cm³/mol. The highest BCUT2D eigenvalue weighted by Crippen LogP contribution is 1.99. The first-order valence-electron chi connectivity index (χ1n) is 5.00. The standard InChI is InChI=1S/C9H14O2.C2H6.C2H2/c1-4-6-7-8(5-2)9(10)11-3;2*1-2/h5-7H,4H2,1-3H3;1-2H3;1-2H/b7-6-,8-5+;;. The van der Waals surface area contributed by atoms with E-state index < -0.39 is 0 Å². The van der Waals surface area contributed by atoms with E-state index in [0.29, 0.717) is 5.57 Å². The Balaban J connectivity index is -0.000000318. The summed E-state index contributed by atoms with van der Waals surface area (Å²) in [5, 5.41) is 0. The fourth-order valence-electron chi connectivity index (χ4n) is 0.645. The van der Waals surface area contributed by atoms with E-state index in [4.69, 9.17) is 0 Å². The van der Waals surface area contributed by atoms with Crippen molar-refractivity contribution in [2.24, 2.45) is 0 Å². The van der Waals surface area contributed by atoms with Crippen molar-refractivity contribution in [3.63, 3.8) is 0 Å².